The quantitative estimate of drug-likeness (QED) is 0.850. The molecular formula is C20H25F3N2O2. The van der Waals surface area contributed by atoms with Gasteiger partial charge in [-0.3, -0.25) is 9.69 Å². The maximum Gasteiger partial charge on any atom is 0.416 e. The van der Waals surface area contributed by atoms with E-state index in [9.17, 15) is 18.0 Å². The molecule has 3 aliphatic heterocycles. The lowest BCUT2D eigenvalue weighted by Crippen LogP contribution is -2.41. The van der Waals surface area contributed by atoms with Crippen LogP contribution in [0.15, 0.2) is 24.3 Å². The van der Waals surface area contributed by atoms with Crippen molar-refractivity contribution in [2.75, 3.05) is 19.6 Å². The Kier molecular flexibility index (Phi) is 4.71. The van der Waals surface area contributed by atoms with E-state index in [1.165, 1.54) is 6.07 Å². The van der Waals surface area contributed by atoms with Gasteiger partial charge in [0.2, 0.25) is 5.91 Å². The summed E-state index contributed by atoms with van der Waals surface area (Å²) in [6, 6.07) is 5.80. The van der Waals surface area contributed by atoms with Crippen LogP contribution in [0.5, 0.6) is 0 Å². The lowest BCUT2D eigenvalue weighted by Gasteiger charge is -2.29. The maximum absolute atomic E-state index is 13.3. The standard InChI is InChI=1S/C20H25F3N2O2/c1-2-18(26)24-9-14-16-11-25(12-19(16)8-7-17(14)27-19)10-13-5-3-4-6-15(13)20(21,22)23/h3-6,14,16-17H,2,7-12H2,1H3,(H,24,26)/t14-,16+,17+,19+/m0/s1. The SMILES string of the molecule is CCC(=O)NC[C@H]1[C@H]2CN(Cc3ccccc3C(F)(F)F)C[C@]23CC[C@H]1O3. The summed E-state index contributed by atoms with van der Waals surface area (Å²) in [4.78, 5) is 13.7. The number of benzene rings is 1. The summed E-state index contributed by atoms with van der Waals surface area (Å²) in [5.41, 5.74) is -0.497. The molecular weight excluding hydrogens is 357 g/mol. The van der Waals surface area contributed by atoms with Gasteiger partial charge in [-0.15, -0.1) is 0 Å². The fraction of sp³-hybridized carbons (Fsp3) is 0.650. The Labute approximate surface area is 157 Å². The maximum atomic E-state index is 13.3. The van der Waals surface area contributed by atoms with E-state index in [1.807, 2.05) is 6.92 Å². The molecule has 1 aromatic carbocycles. The van der Waals surface area contributed by atoms with Crippen LogP contribution in [-0.2, 0) is 22.3 Å². The van der Waals surface area contributed by atoms with Gasteiger partial charge in [-0.1, -0.05) is 25.1 Å². The van der Waals surface area contributed by atoms with Gasteiger partial charge in [0.25, 0.3) is 0 Å². The minimum absolute atomic E-state index is 0.0285. The first-order chi connectivity index (χ1) is 12.8. The van der Waals surface area contributed by atoms with E-state index in [4.69, 9.17) is 4.74 Å². The summed E-state index contributed by atoms with van der Waals surface area (Å²) >= 11 is 0. The third kappa shape index (κ3) is 3.36. The van der Waals surface area contributed by atoms with E-state index < -0.39 is 11.7 Å². The summed E-state index contributed by atoms with van der Waals surface area (Å²) in [5, 5.41) is 2.98. The molecule has 3 saturated heterocycles. The van der Waals surface area contributed by atoms with Crippen molar-refractivity contribution in [2.45, 2.75) is 50.6 Å². The molecule has 1 amide bonds. The molecule has 27 heavy (non-hydrogen) atoms. The van der Waals surface area contributed by atoms with Crippen LogP contribution < -0.4 is 5.32 Å². The van der Waals surface area contributed by atoms with Crippen molar-refractivity contribution in [1.29, 1.82) is 0 Å². The van der Waals surface area contributed by atoms with Crippen molar-refractivity contribution in [2.24, 2.45) is 11.8 Å². The molecule has 1 N–H and O–H groups in total. The van der Waals surface area contributed by atoms with Crippen LogP contribution in [0.3, 0.4) is 0 Å². The normalized spacial score (nSPS) is 32.7. The summed E-state index contributed by atoms with van der Waals surface area (Å²) in [6.07, 6.45) is -1.80. The number of rotatable bonds is 5. The Bertz CT molecular complexity index is 723. The van der Waals surface area contributed by atoms with Crippen molar-refractivity contribution < 1.29 is 22.7 Å². The molecule has 3 heterocycles. The van der Waals surface area contributed by atoms with Crippen LogP contribution in [0.25, 0.3) is 0 Å². The average Bonchev–Trinajstić information content (AvgIpc) is 3.27. The molecule has 0 saturated carbocycles. The van der Waals surface area contributed by atoms with Gasteiger partial charge in [0.1, 0.15) is 0 Å². The molecule has 3 fully saturated rings. The second-order valence-corrected chi connectivity index (χ2v) is 8.01. The van der Waals surface area contributed by atoms with Crippen LogP contribution in [0, 0.1) is 11.8 Å². The van der Waals surface area contributed by atoms with E-state index >= 15 is 0 Å². The fourth-order valence-corrected chi connectivity index (χ4v) is 5.21. The Hall–Kier alpha value is -1.60. The number of halogens is 3. The first-order valence-electron chi connectivity index (χ1n) is 9.64. The topological polar surface area (TPSA) is 41.6 Å². The Morgan fingerprint density at radius 3 is 2.89 bits per heavy atom. The second kappa shape index (κ2) is 6.78. The van der Waals surface area contributed by atoms with Crippen LogP contribution in [0.2, 0.25) is 0 Å². The van der Waals surface area contributed by atoms with Gasteiger partial charge in [0, 0.05) is 44.4 Å². The fourth-order valence-electron chi connectivity index (χ4n) is 5.21. The van der Waals surface area contributed by atoms with Crippen LogP contribution in [0.4, 0.5) is 13.2 Å². The lowest BCUT2D eigenvalue weighted by atomic mass is 9.73. The highest BCUT2D eigenvalue weighted by Gasteiger charge is 2.62. The highest BCUT2D eigenvalue weighted by Crippen LogP contribution is 2.54. The van der Waals surface area contributed by atoms with Crippen LogP contribution >= 0.6 is 0 Å². The number of amides is 1. The first-order valence-corrected chi connectivity index (χ1v) is 9.64. The number of likely N-dealkylation sites (tertiary alicyclic amines) is 1. The number of alkyl halides is 3. The molecule has 7 heteroatoms. The molecule has 0 unspecified atom stereocenters. The van der Waals surface area contributed by atoms with Crippen LogP contribution in [-0.4, -0.2) is 42.1 Å². The summed E-state index contributed by atoms with van der Waals surface area (Å²) in [5.74, 6) is 0.546. The molecule has 4 nitrogen and oxygen atoms in total. The van der Waals surface area contributed by atoms with Gasteiger partial charge >= 0.3 is 6.18 Å². The zero-order chi connectivity index (χ0) is 19.2. The molecule has 1 spiro atoms. The van der Waals surface area contributed by atoms with E-state index in [0.717, 1.165) is 25.5 Å². The molecule has 0 aliphatic carbocycles. The smallest absolute Gasteiger partial charge is 0.370 e. The molecule has 2 bridgehead atoms. The number of hydrogen-bond acceptors (Lipinski definition) is 3. The zero-order valence-corrected chi connectivity index (χ0v) is 15.4. The molecule has 3 aliphatic rings. The van der Waals surface area contributed by atoms with Crippen molar-refractivity contribution in [1.82, 2.24) is 10.2 Å². The Balaban J connectivity index is 1.48. The average molecular weight is 382 g/mol. The number of fused-ring (bicyclic) bond motifs is 1. The van der Waals surface area contributed by atoms with Gasteiger partial charge in [-0.2, -0.15) is 13.2 Å². The first kappa shape index (κ1) is 18.7. The van der Waals surface area contributed by atoms with Crippen molar-refractivity contribution in [3.63, 3.8) is 0 Å². The van der Waals surface area contributed by atoms with Gasteiger partial charge in [0.15, 0.2) is 0 Å². The third-order valence-electron chi connectivity index (χ3n) is 6.43. The predicted molar refractivity (Wildman–Crippen MR) is 93.8 cm³/mol. The largest absolute Gasteiger partial charge is 0.416 e. The molecule has 0 radical (unpaired) electrons. The molecule has 1 aromatic rings. The Morgan fingerprint density at radius 2 is 2.15 bits per heavy atom. The van der Waals surface area contributed by atoms with Crippen LogP contribution in [0.1, 0.15) is 37.3 Å². The predicted octanol–water partition coefficient (Wildman–Crippen LogP) is 3.21. The number of carbonyl (C=O) groups excluding carboxylic acids is 1. The summed E-state index contributed by atoms with van der Waals surface area (Å²) in [7, 11) is 0. The molecule has 148 valence electrons. The summed E-state index contributed by atoms with van der Waals surface area (Å²) in [6.45, 7) is 4.07. The van der Waals surface area contributed by atoms with E-state index in [1.54, 1.807) is 12.1 Å². The van der Waals surface area contributed by atoms with Gasteiger partial charge < -0.3 is 10.1 Å². The number of carbonyl (C=O) groups is 1. The van der Waals surface area contributed by atoms with Crippen molar-refractivity contribution in [3.8, 4) is 0 Å². The minimum Gasteiger partial charge on any atom is -0.370 e. The highest BCUT2D eigenvalue weighted by atomic mass is 19.4. The van der Waals surface area contributed by atoms with Gasteiger partial charge in [-0.05, 0) is 24.5 Å². The summed E-state index contributed by atoms with van der Waals surface area (Å²) < 4.78 is 46.2. The monoisotopic (exact) mass is 382 g/mol. The highest BCUT2D eigenvalue weighted by molar-refractivity contribution is 5.75. The third-order valence-corrected chi connectivity index (χ3v) is 6.43. The number of nitrogens with one attached hydrogen (secondary N) is 1. The van der Waals surface area contributed by atoms with Crippen molar-refractivity contribution in [3.05, 3.63) is 35.4 Å². The molecule has 4 atom stereocenters. The number of ether oxygens (including phenoxy) is 1. The second-order valence-electron chi connectivity index (χ2n) is 8.01. The van der Waals surface area contributed by atoms with E-state index in [-0.39, 0.29) is 36.0 Å². The van der Waals surface area contributed by atoms with Crippen molar-refractivity contribution >= 4 is 5.91 Å². The number of hydrogen-bond donors (Lipinski definition) is 1. The Morgan fingerprint density at radius 1 is 1.37 bits per heavy atom. The minimum atomic E-state index is -4.34. The lowest BCUT2D eigenvalue weighted by molar-refractivity contribution is -0.138. The number of nitrogens with zero attached hydrogens (tertiary/aromatic N) is 1. The molecule has 4 rings (SSSR count). The zero-order valence-electron chi connectivity index (χ0n) is 15.4. The van der Waals surface area contributed by atoms with E-state index in [2.05, 4.69) is 10.2 Å². The van der Waals surface area contributed by atoms with Gasteiger partial charge in [0.05, 0.1) is 17.3 Å². The van der Waals surface area contributed by atoms with E-state index in [0.29, 0.717) is 25.1 Å². The molecule has 0 aromatic heterocycles. The van der Waals surface area contributed by atoms with Gasteiger partial charge in [-0.25, -0.2) is 0 Å².